The average Bonchev–Trinajstić information content (AvgIpc) is 2.00. The molecule has 0 heterocycles. The van der Waals surface area contributed by atoms with Crippen molar-refractivity contribution in [2.45, 2.75) is 18.6 Å². The zero-order chi connectivity index (χ0) is 9.99. The highest BCUT2D eigenvalue weighted by atomic mass is 32.3. The maximum absolute atomic E-state index is 12.1. The molecule has 12 heavy (non-hydrogen) atoms. The quantitative estimate of drug-likeness (QED) is 0.580. The van der Waals surface area contributed by atoms with E-state index in [-0.39, 0.29) is 0 Å². The monoisotopic (exact) mass is 220 g/mol. The van der Waals surface area contributed by atoms with Crippen molar-refractivity contribution in [3.05, 3.63) is 0 Å². The predicted molar refractivity (Wildman–Crippen MR) is 44.2 cm³/mol. The van der Waals surface area contributed by atoms with Crippen LogP contribution in [-0.4, -0.2) is 28.1 Å². The molecular formula is C5H11F3O2SSi. The van der Waals surface area contributed by atoms with Crippen LogP contribution in [-0.2, 0) is 8.85 Å². The Bertz CT molecular complexity index is 148. The Hall–Kier alpha value is 0.277. The van der Waals surface area contributed by atoms with Gasteiger partial charge in [-0.3, -0.25) is 0 Å². The third kappa shape index (κ3) is 2.65. The number of halogens is 3. The van der Waals surface area contributed by atoms with Crippen molar-refractivity contribution >= 4 is 19.8 Å². The molecule has 0 aromatic carbocycles. The zero-order valence-corrected chi connectivity index (χ0v) is 8.87. The van der Waals surface area contributed by atoms with E-state index in [1.807, 2.05) is 0 Å². The molecule has 0 rings (SSSR count). The van der Waals surface area contributed by atoms with E-state index < -0.39 is 19.4 Å². The third-order valence-electron chi connectivity index (χ3n) is 1.62. The molecule has 0 radical (unpaired) electrons. The van der Waals surface area contributed by atoms with E-state index in [0.29, 0.717) is 0 Å². The summed E-state index contributed by atoms with van der Waals surface area (Å²) in [6.07, 6.45) is -4.32. The molecular weight excluding hydrogens is 209 g/mol. The van der Waals surface area contributed by atoms with Crippen molar-refractivity contribution in [1.82, 2.24) is 0 Å². The second-order valence-electron chi connectivity index (χ2n) is 2.30. The van der Waals surface area contributed by atoms with Crippen LogP contribution in [0, 0.1) is 0 Å². The second-order valence-corrected chi connectivity index (χ2v) is 7.12. The van der Waals surface area contributed by atoms with E-state index in [1.54, 1.807) is 0 Å². The second kappa shape index (κ2) is 3.99. The van der Waals surface area contributed by atoms with Gasteiger partial charge in [-0.05, 0) is 0 Å². The van der Waals surface area contributed by atoms with Crippen LogP contribution < -0.4 is 0 Å². The molecule has 0 aliphatic carbocycles. The van der Waals surface area contributed by atoms with Crippen LogP contribution in [0.15, 0.2) is 0 Å². The number of rotatable bonds is 3. The van der Waals surface area contributed by atoms with Crippen LogP contribution in [0.4, 0.5) is 13.2 Å². The van der Waals surface area contributed by atoms with Gasteiger partial charge >= 0.3 is 13.9 Å². The average molecular weight is 220 g/mol. The summed E-state index contributed by atoms with van der Waals surface area (Å²) in [5, 5.41) is 0. The SMILES string of the molecule is CO[Si](S)(OC)C(C)C(F)(F)F. The molecule has 0 spiro atoms. The molecule has 1 atom stereocenters. The number of alkyl halides is 3. The maximum atomic E-state index is 12.1. The Morgan fingerprint density at radius 1 is 1.25 bits per heavy atom. The Labute approximate surface area is 75.3 Å². The van der Waals surface area contributed by atoms with Gasteiger partial charge in [0.25, 0.3) is 0 Å². The van der Waals surface area contributed by atoms with E-state index in [1.165, 1.54) is 14.2 Å². The van der Waals surface area contributed by atoms with Crippen LogP contribution in [0.1, 0.15) is 6.92 Å². The molecule has 2 nitrogen and oxygen atoms in total. The Morgan fingerprint density at radius 2 is 1.58 bits per heavy atom. The highest BCUT2D eigenvalue weighted by Crippen LogP contribution is 2.40. The topological polar surface area (TPSA) is 18.5 Å². The minimum absolute atomic E-state index is 1.01. The first-order chi connectivity index (χ1) is 5.28. The molecule has 7 heteroatoms. The molecule has 0 aromatic rings. The Kier molecular flexibility index (Phi) is 4.08. The van der Waals surface area contributed by atoms with Gasteiger partial charge in [-0.1, -0.05) is 6.92 Å². The third-order valence-corrected chi connectivity index (χ3v) is 6.47. The maximum Gasteiger partial charge on any atom is 0.414 e. The molecule has 1 unspecified atom stereocenters. The van der Waals surface area contributed by atoms with Crippen LogP contribution >= 0.6 is 12.1 Å². The summed E-state index contributed by atoms with van der Waals surface area (Å²) >= 11 is 3.78. The largest absolute Gasteiger partial charge is 0.414 e. The molecule has 74 valence electrons. The lowest BCUT2D eigenvalue weighted by atomic mass is 10.5. The molecule has 0 N–H and O–H groups in total. The summed E-state index contributed by atoms with van der Waals surface area (Å²) in [7, 11) is -1.02. The van der Waals surface area contributed by atoms with Crippen molar-refractivity contribution in [2.24, 2.45) is 0 Å². The van der Waals surface area contributed by atoms with Gasteiger partial charge in [0, 0.05) is 14.2 Å². The zero-order valence-electron chi connectivity index (χ0n) is 6.97. The Balaban J connectivity index is 4.53. The van der Waals surface area contributed by atoms with Crippen LogP contribution in [0.25, 0.3) is 0 Å². The fourth-order valence-electron chi connectivity index (χ4n) is 0.644. The van der Waals surface area contributed by atoms with Crippen molar-refractivity contribution in [3.63, 3.8) is 0 Å². The van der Waals surface area contributed by atoms with Crippen LogP contribution in [0.3, 0.4) is 0 Å². The normalized spacial score (nSPS) is 16.2. The van der Waals surface area contributed by atoms with Crippen LogP contribution in [0.2, 0.25) is 5.54 Å². The van der Waals surface area contributed by atoms with Gasteiger partial charge < -0.3 is 8.85 Å². The van der Waals surface area contributed by atoms with Gasteiger partial charge in [0.15, 0.2) is 0 Å². The molecule has 0 fully saturated rings. The predicted octanol–water partition coefficient (Wildman–Crippen LogP) is 2.10. The van der Waals surface area contributed by atoms with Gasteiger partial charge in [-0.2, -0.15) is 13.2 Å². The van der Waals surface area contributed by atoms with E-state index in [2.05, 4.69) is 20.9 Å². The van der Waals surface area contributed by atoms with Gasteiger partial charge in [-0.15, -0.1) is 12.1 Å². The van der Waals surface area contributed by atoms with E-state index >= 15 is 0 Å². The molecule has 0 aliphatic rings. The smallest absolute Gasteiger partial charge is 0.390 e. The van der Waals surface area contributed by atoms with Crippen molar-refractivity contribution in [1.29, 1.82) is 0 Å². The fourth-order valence-corrected chi connectivity index (χ4v) is 2.37. The number of hydrogen-bond donors (Lipinski definition) is 1. The summed E-state index contributed by atoms with van der Waals surface area (Å²) in [6, 6.07) is 0. The lowest BCUT2D eigenvalue weighted by molar-refractivity contribution is -0.136. The van der Waals surface area contributed by atoms with Crippen LogP contribution in [0.5, 0.6) is 0 Å². The standard InChI is InChI=1S/C5H11F3O2SSi/c1-4(5(6,7)8)12(11,9-2)10-3/h4,11H,1-3H3. The number of thiol groups is 1. The van der Waals surface area contributed by atoms with Crippen molar-refractivity contribution in [2.75, 3.05) is 14.2 Å². The first-order valence-corrected chi connectivity index (χ1v) is 6.35. The van der Waals surface area contributed by atoms with Gasteiger partial charge in [-0.25, -0.2) is 0 Å². The van der Waals surface area contributed by atoms with Gasteiger partial charge in [0.05, 0.1) is 0 Å². The summed E-state index contributed by atoms with van der Waals surface area (Å²) in [5.74, 6) is 0. The van der Waals surface area contributed by atoms with Gasteiger partial charge in [0.1, 0.15) is 5.54 Å². The molecule has 0 aliphatic heterocycles. The summed E-state index contributed by atoms with van der Waals surface area (Å²) in [6.45, 7) is 1.01. The molecule has 0 aromatic heterocycles. The number of hydrogen-bond acceptors (Lipinski definition) is 3. The first-order valence-electron chi connectivity index (χ1n) is 3.17. The fraction of sp³-hybridized carbons (Fsp3) is 1.00. The molecule has 0 saturated heterocycles. The first kappa shape index (κ1) is 12.3. The highest BCUT2D eigenvalue weighted by molar-refractivity contribution is 8.12. The summed E-state index contributed by atoms with van der Waals surface area (Å²) in [5.41, 5.74) is -1.65. The minimum atomic E-state index is -4.32. The molecule has 0 amide bonds. The lowest BCUT2D eigenvalue weighted by Gasteiger charge is -2.28. The molecule has 0 bridgehead atoms. The van der Waals surface area contributed by atoms with E-state index in [0.717, 1.165) is 6.92 Å². The minimum Gasteiger partial charge on any atom is -0.390 e. The van der Waals surface area contributed by atoms with E-state index in [4.69, 9.17) is 0 Å². The van der Waals surface area contributed by atoms with Crippen molar-refractivity contribution < 1.29 is 22.0 Å². The summed E-state index contributed by atoms with van der Waals surface area (Å²) in [4.78, 5) is 0. The van der Waals surface area contributed by atoms with Gasteiger partial charge in [0.2, 0.25) is 0 Å². The highest BCUT2D eigenvalue weighted by Gasteiger charge is 2.53. The summed E-state index contributed by atoms with van der Waals surface area (Å²) < 4.78 is 45.7. The van der Waals surface area contributed by atoms with Crippen molar-refractivity contribution in [3.8, 4) is 0 Å². The Morgan fingerprint density at radius 3 is 1.67 bits per heavy atom. The molecule has 0 saturated carbocycles. The lowest BCUT2D eigenvalue weighted by Crippen LogP contribution is -2.44. The van der Waals surface area contributed by atoms with E-state index in [9.17, 15) is 13.2 Å².